The van der Waals surface area contributed by atoms with Gasteiger partial charge >= 0.3 is 12.1 Å². The molecule has 1 aromatic heterocycles. The maximum absolute atomic E-state index is 14.2. The number of thiazole rings is 1. The Bertz CT molecular complexity index is 2800. The number of nitrogens with zero attached hydrogens (tertiary/aromatic N) is 3. The third kappa shape index (κ3) is 12.6. The average molecular weight is 1020 g/mol. The van der Waals surface area contributed by atoms with E-state index in [2.05, 4.69) is 26.4 Å². The predicted octanol–water partition coefficient (Wildman–Crippen LogP) is 5.36. The topological polar surface area (TPSA) is 233 Å². The summed E-state index contributed by atoms with van der Waals surface area (Å²) in [7, 11) is -1.22. The lowest BCUT2D eigenvalue weighted by Crippen LogP contribution is -2.71. The Labute approximate surface area is 419 Å². The first-order chi connectivity index (χ1) is 34.0. The molecule has 21 heteroatoms. The molecule has 1 unspecified atom stereocenters. The summed E-state index contributed by atoms with van der Waals surface area (Å²) in [6.45, 7) is 4.04. The van der Waals surface area contributed by atoms with Crippen LogP contribution in [0.2, 0.25) is 0 Å². The number of benzene rings is 4. The summed E-state index contributed by atoms with van der Waals surface area (Å²) >= 11 is 2.39. The monoisotopic (exact) mass is 1020 g/mol. The van der Waals surface area contributed by atoms with Crippen LogP contribution in [0.25, 0.3) is 0 Å². The highest BCUT2D eigenvalue weighted by Crippen LogP contribution is 2.42. The van der Waals surface area contributed by atoms with Gasteiger partial charge in [0.1, 0.15) is 53.4 Å². The molecule has 4 N–H and O–H groups in total. The molecule has 18 nitrogen and oxygen atoms in total. The van der Waals surface area contributed by atoms with Gasteiger partial charge in [-0.05, 0) is 60.7 Å². The normalized spacial score (nSPS) is 15.9. The molecule has 2 atom stereocenters. The van der Waals surface area contributed by atoms with Crippen molar-refractivity contribution in [2.45, 2.75) is 49.9 Å². The zero-order valence-electron chi connectivity index (χ0n) is 39.5. The highest BCUT2D eigenvalue weighted by Gasteiger charge is 2.55. The zero-order valence-corrected chi connectivity index (χ0v) is 42.0. The number of methoxy groups -OCH3 is 1. The minimum absolute atomic E-state index is 0.0225. The molecular formula is C50H53N7O11S3. The Balaban J connectivity index is 1.08. The predicted molar refractivity (Wildman–Crippen MR) is 269 cm³/mol. The number of β-lactam (4-membered cyclic amide) rings is 1. The number of anilines is 1. The highest BCUT2D eigenvalue weighted by atomic mass is 32.2. The summed E-state index contributed by atoms with van der Waals surface area (Å²) in [6, 6.07) is 35.3. The molecule has 0 spiro atoms. The van der Waals surface area contributed by atoms with Crippen LogP contribution in [0.4, 0.5) is 9.93 Å². The fourth-order valence-corrected chi connectivity index (χ4v) is 11.4. The van der Waals surface area contributed by atoms with Gasteiger partial charge < -0.3 is 40.3 Å². The first kappa shape index (κ1) is 51.6. The van der Waals surface area contributed by atoms with Crippen LogP contribution in [0.5, 0.6) is 5.75 Å². The van der Waals surface area contributed by atoms with Gasteiger partial charge in [-0.25, -0.2) is 23.0 Å². The van der Waals surface area contributed by atoms with Crippen LogP contribution in [-0.2, 0) is 55.5 Å². The average Bonchev–Trinajstić information content (AvgIpc) is 3.83. The van der Waals surface area contributed by atoms with Crippen molar-refractivity contribution >= 4 is 73.6 Å². The molecular weight excluding hydrogens is 971 g/mol. The highest BCUT2D eigenvalue weighted by molar-refractivity contribution is 8.00. The number of amides is 4. The van der Waals surface area contributed by atoms with Gasteiger partial charge in [-0.3, -0.25) is 19.3 Å². The summed E-state index contributed by atoms with van der Waals surface area (Å²) < 4.78 is 43.1. The van der Waals surface area contributed by atoms with Gasteiger partial charge in [-0.15, -0.1) is 23.1 Å². The van der Waals surface area contributed by atoms with Crippen molar-refractivity contribution in [3.05, 3.63) is 160 Å². The fourth-order valence-electron chi connectivity index (χ4n) is 7.82. The number of hydrogen-bond acceptors (Lipinski definition) is 16. The van der Waals surface area contributed by atoms with E-state index in [1.807, 2.05) is 91.0 Å². The number of esters is 1. The van der Waals surface area contributed by atoms with Gasteiger partial charge in [0, 0.05) is 17.7 Å². The Morgan fingerprint density at radius 3 is 2.01 bits per heavy atom. The zero-order chi connectivity index (χ0) is 50.8. The third-order valence-electron chi connectivity index (χ3n) is 11.0. The number of carbonyl (C=O) groups excluding carboxylic acids is 5. The summed E-state index contributed by atoms with van der Waals surface area (Å²) in [5.41, 5.74) is 1.48. The number of ether oxygens (including phenoxy) is 3. The molecule has 4 amide bonds. The Hall–Kier alpha value is -7.23. The Morgan fingerprint density at radius 1 is 0.845 bits per heavy atom. The van der Waals surface area contributed by atoms with E-state index in [4.69, 9.17) is 24.0 Å². The Morgan fingerprint density at radius 2 is 1.45 bits per heavy atom. The van der Waals surface area contributed by atoms with E-state index < -0.39 is 80.2 Å². The molecule has 4 aromatic carbocycles. The van der Waals surface area contributed by atoms with Crippen LogP contribution in [0.1, 0.15) is 48.7 Å². The molecule has 2 aliphatic heterocycles. The van der Waals surface area contributed by atoms with Gasteiger partial charge in [0.2, 0.25) is 5.91 Å². The van der Waals surface area contributed by atoms with E-state index in [0.717, 1.165) is 33.4 Å². The van der Waals surface area contributed by atoms with Crippen molar-refractivity contribution in [2.24, 2.45) is 5.16 Å². The number of oxime groups is 1. The lowest BCUT2D eigenvalue weighted by molar-refractivity contribution is -0.153. The molecule has 2 aliphatic rings. The van der Waals surface area contributed by atoms with Gasteiger partial charge in [0.25, 0.3) is 11.8 Å². The number of alkyl carbamates (subject to hydrolysis) is 1. The first-order valence-electron chi connectivity index (χ1n) is 22.3. The molecule has 0 saturated carbocycles. The molecule has 71 heavy (non-hydrogen) atoms. The van der Waals surface area contributed by atoms with E-state index in [9.17, 15) is 32.4 Å². The van der Waals surface area contributed by atoms with Crippen LogP contribution in [0.3, 0.4) is 0 Å². The standard InChI is InChI=1S/C50H53N7O11S3/c1-49(2,3)68-48(62)52-27-39(58)51-25-26-71(63,64)31-33-29-69-45-41(44(60)57(45)42(33)46(61)67-28-32-21-23-37(65-4)24-22-32)54-43(59)40(56-66-5)38-30-70-47(53-38)55-50(34-15-9-6-10-16-34,35-17-11-7-12-18-35)36-19-13-8-14-20-36/h6-24,30,41,45H,25-29,31H2,1-5H3,(H,51,58)(H,52,62)(H,53,55)(H,54,59)/b56-40-/t41?,45-/m1/s1. The summed E-state index contributed by atoms with van der Waals surface area (Å²) in [6.07, 6.45) is -0.812. The molecule has 0 aliphatic carbocycles. The van der Waals surface area contributed by atoms with E-state index in [1.165, 1.54) is 25.6 Å². The van der Waals surface area contributed by atoms with Gasteiger partial charge in [0.05, 0.1) is 25.2 Å². The summed E-state index contributed by atoms with van der Waals surface area (Å²) in [5, 5.41) is 16.5. The number of aromatic nitrogens is 1. The van der Waals surface area contributed by atoms with Crippen molar-refractivity contribution in [3.8, 4) is 5.75 Å². The third-order valence-corrected chi connectivity index (χ3v) is 14.7. The van der Waals surface area contributed by atoms with Gasteiger partial charge in [0.15, 0.2) is 20.7 Å². The van der Waals surface area contributed by atoms with E-state index in [1.54, 1.807) is 50.4 Å². The molecule has 5 aromatic rings. The molecule has 7 rings (SSSR count). The van der Waals surface area contributed by atoms with Crippen molar-refractivity contribution < 1.29 is 51.4 Å². The number of fused-ring (bicyclic) bond motifs is 1. The molecule has 0 bridgehead atoms. The van der Waals surface area contributed by atoms with Crippen LogP contribution in [-0.4, -0.2) is 115 Å². The summed E-state index contributed by atoms with van der Waals surface area (Å²) in [5.74, 6) is -3.68. The van der Waals surface area contributed by atoms with Crippen LogP contribution in [0, 0.1) is 0 Å². The first-order valence-corrected chi connectivity index (χ1v) is 26.0. The minimum Gasteiger partial charge on any atom is -0.497 e. The van der Waals surface area contributed by atoms with E-state index in [0.29, 0.717) is 16.4 Å². The largest absolute Gasteiger partial charge is 0.497 e. The van der Waals surface area contributed by atoms with Crippen molar-refractivity contribution in [1.29, 1.82) is 0 Å². The number of rotatable bonds is 20. The fraction of sp³-hybridized carbons (Fsp3) is 0.300. The molecule has 372 valence electrons. The van der Waals surface area contributed by atoms with Gasteiger partial charge in [-0.1, -0.05) is 108 Å². The molecule has 3 heterocycles. The van der Waals surface area contributed by atoms with Crippen LogP contribution < -0.4 is 26.0 Å². The second-order valence-corrected chi connectivity index (χ2v) is 21.3. The maximum Gasteiger partial charge on any atom is 0.408 e. The van der Waals surface area contributed by atoms with Gasteiger partial charge in [-0.2, -0.15) is 0 Å². The lowest BCUT2D eigenvalue weighted by Gasteiger charge is -2.49. The Kier molecular flexibility index (Phi) is 16.5. The molecule has 0 radical (unpaired) electrons. The van der Waals surface area contributed by atoms with Crippen molar-refractivity contribution in [1.82, 2.24) is 25.8 Å². The van der Waals surface area contributed by atoms with Crippen LogP contribution >= 0.6 is 23.1 Å². The lowest BCUT2D eigenvalue weighted by atomic mass is 9.77. The smallest absolute Gasteiger partial charge is 0.408 e. The quantitative estimate of drug-likeness (QED) is 0.0253. The van der Waals surface area contributed by atoms with E-state index in [-0.39, 0.29) is 41.6 Å². The number of carbonyl (C=O) groups is 5. The molecule has 1 saturated heterocycles. The van der Waals surface area contributed by atoms with Crippen molar-refractivity contribution in [2.75, 3.05) is 49.9 Å². The number of nitrogens with one attached hydrogen (secondary N) is 4. The number of thioether (sulfide) groups is 1. The summed E-state index contributed by atoms with van der Waals surface area (Å²) in [4.78, 5) is 77.7. The minimum atomic E-state index is -4.01. The second-order valence-electron chi connectivity index (χ2n) is 17.2. The second kappa shape index (κ2) is 22.7. The van der Waals surface area contributed by atoms with Crippen LogP contribution in [0.15, 0.2) is 137 Å². The SMILES string of the molecule is CO/N=C(\C(=O)NC1C(=O)N2C(C(=O)OCc3ccc(OC)cc3)=C(CS(=O)(=O)CCNC(=O)CNC(=O)OC(C)(C)C)CS[C@H]12)c1csc(NC(c2ccccc2)(c2ccccc2)c2ccccc2)n1. The van der Waals surface area contributed by atoms with Crippen molar-refractivity contribution in [3.63, 3.8) is 0 Å². The maximum atomic E-state index is 14.2. The number of hydrogen-bond donors (Lipinski definition) is 4. The number of sulfone groups is 1. The van der Waals surface area contributed by atoms with E-state index >= 15 is 0 Å². The molecule has 1 fully saturated rings.